The molecule has 0 aliphatic carbocycles. The summed E-state index contributed by atoms with van der Waals surface area (Å²) in [6.07, 6.45) is 0.291. The molecule has 0 spiro atoms. The van der Waals surface area contributed by atoms with Gasteiger partial charge in [-0.2, -0.15) is 0 Å². The van der Waals surface area contributed by atoms with Crippen LogP contribution in [0.15, 0.2) is 48.5 Å². The van der Waals surface area contributed by atoms with Gasteiger partial charge in [0.25, 0.3) is 0 Å². The van der Waals surface area contributed by atoms with Crippen molar-refractivity contribution in [2.45, 2.75) is 19.4 Å². The van der Waals surface area contributed by atoms with E-state index >= 15 is 0 Å². The third-order valence-corrected chi connectivity index (χ3v) is 3.45. The van der Waals surface area contributed by atoms with E-state index in [9.17, 15) is 4.79 Å². The van der Waals surface area contributed by atoms with E-state index in [0.717, 1.165) is 5.56 Å². The van der Waals surface area contributed by atoms with Gasteiger partial charge in [-0.25, -0.2) is 0 Å². The van der Waals surface area contributed by atoms with E-state index in [-0.39, 0.29) is 11.9 Å². The molecule has 0 bridgehead atoms. The molecule has 0 aliphatic rings. The Balaban J connectivity index is 1.82. The van der Waals surface area contributed by atoms with Crippen LogP contribution in [0.2, 0.25) is 5.02 Å². The molecule has 0 saturated carbocycles. The lowest BCUT2D eigenvalue weighted by molar-refractivity contribution is -0.121. The minimum absolute atomic E-state index is 0.0663. The van der Waals surface area contributed by atoms with Crippen molar-refractivity contribution >= 4 is 17.5 Å². The Bertz CT molecular complexity index is 660. The fraction of sp³-hybridized carbons (Fsp3) is 0.278. The third kappa shape index (κ3) is 5.49. The van der Waals surface area contributed by atoms with Crippen molar-refractivity contribution in [1.29, 1.82) is 0 Å². The van der Waals surface area contributed by atoms with Crippen molar-refractivity contribution in [1.82, 2.24) is 5.32 Å². The summed E-state index contributed by atoms with van der Waals surface area (Å²) in [6.45, 7) is 2.26. The van der Waals surface area contributed by atoms with Gasteiger partial charge >= 0.3 is 0 Å². The summed E-state index contributed by atoms with van der Waals surface area (Å²) < 4.78 is 10.9. The fourth-order valence-electron chi connectivity index (χ4n) is 2.15. The molecule has 1 amide bonds. The quantitative estimate of drug-likeness (QED) is 0.844. The van der Waals surface area contributed by atoms with Crippen molar-refractivity contribution < 1.29 is 14.3 Å². The minimum atomic E-state index is -0.119. The highest BCUT2D eigenvalue weighted by atomic mass is 35.5. The molecule has 122 valence electrons. The molecule has 5 heteroatoms. The smallest absolute Gasteiger partial charge is 0.224 e. The van der Waals surface area contributed by atoms with Gasteiger partial charge in [-0.1, -0.05) is 35.9 Å². The van der Waals surface area contributed by atoms with Gasteiger partial charge in [0, 0.05) is 5.02 Å². The molecule has 0 fully saturated rings. The number of carbonyl (C=O) groups is 1. The molecule has 2 aromatic carbocycles. The van der Waals surface area contributed by atoms with E-state index in [4.69, 9.17) is 21.1 Å². The lowest BCUT2D eigenvalue weighted by Crippen LogP contribution is -2.37. The number of hydrogen-bond donors (Lipinski definition) is 1. The summed E-state index contributed by atoms with van der Waals surface area (Å²) in [4.78, 5) is 12.0. The van der Waals surface area contributed by atoms with Crippen LogP contribution in [0.1, 0.15) is 12.5 Å². The second-order valence-electron chi connectivity index (χ2n) is 5.24. The molecule has 4 nitrogen and oxygen atoms in total. The van der Waals surface area contributed by atoms with Crippen LogP contribution in [0, 0.1) is 0 Å². The summed E-state index contributed by atoms with van der Waals surface area (Å²) in [6, 6.07) is 14.6. The first-order valence-electron chi connectivity index (χ1n) is 7.38. The van der Waals surface area contributed by atoms with Gasteiger partial charge in [0.15, 0.2) is 11.5 Å². The Morgan fingerprint density at radius 1 is 1.17 bits per heavy atom. The highest BCUT2D eigenvalue weighted by molar-refractivity contribution is 6.30. The largest absolute Gasteiger partial charge is 0.493 e. The standard InChI is InChI=1S/C18H20ClNO3/c1-13(12-23-17-9-4-3-8-16(17)22-2)20-18(21)11-14-6-5-7-15(19)10-14/h3-10,13H,11-12H2,1-2H3,(H,20,21)/t13-/m0/s1. The van der Waals surface area contributed by atoms with E-state index in [1.165, 1.54) is 0 Å². The molecule has 0 aromatic heterocycles. The Morgan fingerprint density at radius 2 is 1.91 bits per heavy atom. The number of halogens is 1. The Labute approximate surface area is 141 Å². The molecule has 0 heterocycles. The first kappa shape index (κ1) is 17.2. The van der Waals surface area contributed by atoms with E-state index in [0.29, 0.717) is 29.5 Å². The monoisotopic (exact) mass is 333 g/mol. The van der Waals surface area contributed by atoms with Crippen LogP contribution in [0.25, 0.3) is 0 Å². The molecule has 1 N–H and O–H groups in total. The maximum absolute atomic E-state index is 12.0. The van der Waals surface area contributed by atoms with Gasteiger partial charge in [-0.3, -0.25) is 4.79 Å². The zero-order valence-electron chi connectivity index (χ0n) is 13.2. The van der Waals surface area contributed by atoms with Crippen LogP contribution in [0.5, 0.6) is 11.5 Å². The SMILES string of the molecule is COc1ccccc1OC[C@H](C)NC(=O)Cc1cccc(Cl)c1. The molecule has 0 unspecified atom stereocenters. The predicted molar refractivity (Wildman–Crippen MR) is 91.2 cm³/mol. The van der Waals surface area contributed by atoms with Gasteiger partial charge in [-0.15, -0.1) is 0 Å². The summed E-state index contributed by atoms with van der Waals surface area (Å²) in [5, 5.41) is 3.54. The zero-order chi connectivity index (χ0) is 16.7. The van der Waals surface area contributed by atoms with Gasteiger partial charge in [-0.05, 0) is 36.8 Å². The van der Waals surface area contributed by atoms with E-state index < -0.39 is 0 Å². The number of ether oxygens (including phenoxy) is 2. The molecule has 0 aliphatic heterocycles. The number of rotatable bonds is 7. The molecule has 1 atom stereocenters. The molecular formula is C18H20ClNO3. The fourth-order valence-corrected chi connectivity index (χ4v) is 2.37. The third-order valence-electron chi connectivity index (χ3n) is 3.22. The molecule has 2 aromatic rings. The summed E-state index contributed by atoms with van der Waals surface area (Å²) >= 11 is 5.92. The average Bonchev–Trinajstić information content (AvgIpc) is 2.53. The average molecular weight is 334 g/mol. The van der Waals surface area contributed by atoms with Crippen molar-refractivity contribution in [2.24, 2.45) is 0 Å². The second kappa shape index (κ2) is 8.44. The number of benzene rings is 2. The van der Waals surface area contributed by atoms with Crippen molar-refractivity contribution in [2.75, 3.05) is 13.7 Å². The zero-order valence-corrected chi connectivity index (χ0v) is 14.0. The molecule has 2 rings (SSSR count). The Hall–Kier alpha value is -2.20. The Kier molecular flexibility index (Phi) is 6.29. The van der Waals surface area contributed by atoms with Crippen LogP contribution >= 0.6 is 11.6 Å². The molecular weight excluding hydrogens is 314 g/mol. The van der Waals surface area contributed by atoms with E-state index in [1.807, 2.05) is 43.3 Å². The molecule has 0 radical (unpaired) electrons. The molecule has 23 heavy (non-hydrogen) atoms. The lowest BCUT2D eigenvalue weighted by Gasteiger charge is -2.16. The van der Waals surface area contributed by atoms with Crippen LogP contribution in [-0.2, 0) is 11.2 Å². The minimum Gasteiger partial charge on any atom is -0.493 e. The van der Waals surface area contributed by atoms with Gasteiger partial charge in [0.1, 0.15) is 6.61 Å². The number of hydrogen-bond acceptors (Lipinski definition) is 3. The van der Waals surface area contributed by atoms with Gasteiger partial charge in [0.05, 0.1) is 19.6 Å². The first-order valence-corrected chi connectivity index (χ1v) is 7.76. The number of carbonyl (C=O) groups excluding carboxylic acids is 1. The van der Waals surface area contributed by atoms with Gasteiger partial charge < -0.3 is 14.8 Å². The van der Waals surface area contributed by atoms with Crippen molar-refractivity contribution in [3.8, 4) is 11.5 Å². The first-order chi connectivity index (χ1) is 11.1. The predicted octanol–water partition coefficient (Wildman–Crippen LogP) is 3.47. The number of amides is 1. The Morgan fingerprint density at radius 3 is 2.61 bits per heavy atom. The topological polar surface area (TPSA) is 47.6 Å². The van der Waals surface area contributed by atoms with Crippen molar-refractivity contribution in [3.05, 3.63) is 59.1 Å². The highest BCUT2D eigenvalue weighted by Gasteiger charge is 2.10. The summed E-state index contributed by atoms with van der Waals surface area (Å²) in [7, 11) is 1.60. The molecule has 0 saturated heterocycles. The van der Waals surface area contributed by atoms with Crippen LogP contribution in [0.4, 0.5) is 0 Å². The van der Waals surface area contributed by atoms with Crippen molar-refractivity contribution in [3.63, 3.8) is 0 Å². The van der Waals surface area contributed by atoms with Gasteiger partial charge in [0.2, 0.25) is 5.91 Å². The highest BCUT2D eigenvalue weighted by Crippen LogP contribution is 2.25. The normalized spacial score (nSPS) is 11.6. The number of nitrogens with one attached hydrogen (secondary N) is 1. The van der Waals surface area contributed by atoms with Crippen LogP contribution in [0.3, 0.4) is 0 Å². The lowest BCUT2D eigenvalue weighted by atomic mass is 10.1. The summed E-state index contributed by atoms with van der Waals surface area (Å²) in [5.74, 6) is 1.26. The van der Waals surface area contributed by atoms with Crippen LogP contribution in [-0.4, -0.2) is 25.7 Å². The van der Waals surface area contributed by atoms with E-state index in [1.54, 1.807) is 19.2 Å². The van der Waals surface area contributed by atoms with E-state index in [2.05, 4.69) is 5.32 Å². The number of para-hydroxylation sites is 2. The number of methoxy groups -OCH3 is 1. The second-order valence-corrected chi connectivity index (χ2v) is 5.67. The van der Waals surface area contributed by atoms with Crippen LogP contribution < -0.4 is 14.8 Å². The maximum Gasteiger partial charge on any atom is 0.224 e. The maximum atomic E-state index is 12.0. The summed E-state index contributed by atoms with van der Waals surface area (Å²) in [5.41, 5.74) is 0.882.